The summed E-state index contributed by atoms with van der Waals surface area (Å²) in [7, 11) is 0. The fraction of sp³-hybridized carbons (Fsp3) is 0.500. The monoisotopic (exact) mass is 321 g/mol. The van der Waals surface area contributed by atoms with Gasteiger partial charge in [0.1, 0.15) is 0 Å². The third-order valence-corrected chi connectivity index (χ3v) is 3.37. The van der Waals surface area contributed by atoms with Crippen molar-refractivity contribution in [3.8, 4) is 0 Å². The highest BCUT2D eigenvalue weighted by Crippen LogP contribution is 2.32. The Morgan fingerprint density at radius 1 is 1.16 bits per heavy atom. The summed E-state index contributed by atoms with van der Waals surface area (Å²) in [5, 5.41) is 0. The zero-order chi connectivity index (χ0) is 14.8. The highest BCUT2D eigenvalue weighted by molar-refractivity contribution is 6.76. The summed E-state index contributed by atoms with van der Waals surface area (Å²) >= 11 is 17.2. The van der Waals surface area contributed by atoms with Gasteiger partial charge in [0.05, 0.1) is 0 Å². The van der Waals surface area contributed by atoms with E-state index >= 15 is 0 Å². The van der Waals surface area contributed by atoms with Crippen LogP contribution < -0.4 is 0 Å². The molecule has 0 aromatic heterocycles. The minimum atomic E-state index is -1.93. The van der Waals surface area contributed by atoms with E-state index in [1.165, 1.54) is 0 Å². The number of halogens is 3. The number of rotatable bonds is 2. The molecule has 0 aliphatic carbocycles. The van der Waals surface area contributed by atoms with Gasteiger partial charge in [-0.05, 0) is 38.8 Å². The summed E-state index contributed by atoms with van der Waals surface area (Å²) in [6, 6.07) is 7.86. The van der Waals surface area contributed by atoms with Gasteiger partial charge in [0.25, 0.3) is 9.70 Å². The lowest BCUT2D eigenvalue weighted by molar-refractivity contribution is -0.135. The summed E-state index contributed by atoms with van der Waals surface area (Å²) in [5.41, 5.74) is 1.72. The summed E-state index contributed by atoms with van der Waals surface area (Å²) < 4.78 is -1.93. The molecule has 0 aliphatic heterocycles. The van der Waals surface area contributed by atoms with Gasteiger partial charge in [0.15, 0.2) is 0 Å². The van der Waals surface area contributed by atoms with Crippen LogP contribution in [0.2, 0.25) is 0 Å². The van der Waals surface area contributed by atoms with Crippen molar-refractivity contribution in [2.75, 3.05) is 0 Å². The first-order valence-electron chi connectivity index (χ1n) is 5.97. The molecule has 0 saturated heterocycles. The third kappa shape index (κ3) is 4.55. The third-order valence-electron chi connectivity index (χ3n) is 2.89. The van der Waals surface area contributed by atoms with Crippen LogP contribution in [-0.4, -0.2) is 20.1 Å². The quantitative estimate of drug-likeness (QED) is 0.735. The van der Waals surface area contributed by atoms with E-state index in [0.29, 0.717) is 6.54 Å². The number of amides is 1. The number of hydrogen-bond acceptors (Lipinski definition) is 1. The molecule has 1 aromatic rings. The van der Waals surface area contributed by atoms with Crippen molar-refractivity contribution >= 4 is 40.7 Å². The molecule has 0 bridgehead atoms. The summed E-state index contributed by atoms with van der Waals surface area (Å²) in [4.78, 5) is 13.8. The first-order chi connectivity index (χ1) is 8.53. The predicted molar refractivity (Wildman–Crippen MR) is 81.8 cm³/mol. The lowest BCUT2D eigenvalue weighted by Crippen LogP contribution is -2.49. The molecule has 2 nitrogen and oxygen atoms in total. The maximum absolute atomic E-state index is 12.3. The molecule has 5 heteroatoms. The number of carbonyl (C=O) groups is 1. The molecule has 0 spiro atoms. The second kappa shape index (κ2) is 5.90. The van der Waals surface area contributed by atoms with E-state index in [4.69, 9.17) is 34.8 Å². The van der Waals surface area contributed by atoms with Gasteiger partial charge in [-0.2, -0.15) is 0 Å². The van der Waals surface area contributed by atoms with E-state index in [9.17, 15) is 4.79 Å². The summed E-state index contributed by atoms with van der Waals surface area (Å²) in [5.74, 6) is -0.506. The van der Waals surface area contributed by atoms with Crippen LogP contribution in [0.25, 0.3) is 0 Å². The van der Waals surface area contributed by atoms with Gasteiger partial charge >= 0.3 is 0 Å². The molecular weight excluding hydrogens is 305 g/mol. The Morgan fingerprint density at radius 3 is 2.11 bits per heavy atom. The van der Waals surface area contributed by atoms with E-state index in [-0.39, 0.29) is 0 Å². The molecule has 1 rings (SSSR count). The molecule has 0 atom stereocenters. The Hall–Kier alpha value is -0.440. The molecule has 0 heterocycles. The lowest BCUT2D eigenvalue weighted by Gasteiger charge is -2.38. The number of benzene rings is 1. The van der Waals surface area contributed by atoms with Crippen molar-refractivity contribution in [1.29, 1.82) is 0 Å². The van der Waals surface area contributed by atoms with Crippen LogP contribution in [0.3, 0.4) is 0 Å². The molecule has 0 unspecified atom stereocenters. The molecule has 0 N–H and O–H groups in total. The first-order valence-corrected chi connectivity index (χ1v) is 7.10. The zero-order valence-electron chi connectivity index (χ0n) is 11.5. The van der Waals surface area contributed by atoms with Gasteiger partial charge in [-0.3, -0.25) is 4.79 Å². The van der Waals surface area contributed by atoms with Gasteiger partial charge in [-0.25, -0.2) is 0 Å². The van der Waals surface area contributed by atoms with E-state index in [0.717, 1.165) is 11.1 Å². The smallest absolute Gasteiger partial charge is 0.275 e. The first kappa shape index (κ1) is 16.6. The average molecular weight is 323 g/mol. The average Bonchev–Trinajstić information content (AvgIpc) is 2.24. The van der Waals surface area contributed by atoms with Crippen LogP contribution in [0.1, 0.15) is 31.9 Å². The van der Waals surface area contributed by atoms with Gasteiger partial charge < -0.3 is 4.90 Å². The summed E-state index contributed by atoms with van der Waals surface area (Å²) in [6.45, 7) is 8.16. The maximum atomic E-state index is 12.3. The molecule has 0 aliphatic rings. The second-order valence-corrected chi connectivity index (χ2v) is 7.77. The molecular formula is C14H18Cl3NO. The fourth-order valence-electron chi connectivity index (χ4n) is 1.72. The van der Waals surface area contributed by atoms with Crippen LogP contribution in [0, 0.1) is 6.92 Å². The largest absolute Gasteiger partial charge is 0.330 e. The predicted octanol–water partition coefficient (Wildman–Crippen LogP) is 4.49. The van der Waals surface area contributed by atoms with Gasteiger partial charge in [-0.1, -0.05) is 59.1 Å². The molecule has 1 aromatic carbocycles. The van der Waals surface area contributed by atoms with E-state index in [1.807, 2.05) is 52.0 Å². The number of aryl methyl sites for hydroxylation is 1. The summed E-state index contributed by atoms with van der Waals surface area (Å²) in [6.07, 6.45) is 0. The Labute approximate surface area is 129 Å². The van der Waals surface area contributed by atoms with Crippen molar-refractivity contribution in [2.24, 2.45) is 0 Å². The Kier molecular flexibility index (Phi) is 5.16. The van der Waals surface area contributed by atoms with Crippen LogP contribution in [-0.2, 0) is 11.3 Å². The standard InChI is InChI=1S/C14H18Cl3NO/c1-10-7-5-6-8-11(10)9-18(13(2,3)4)12(19)14(15,16)17/h5-8H,9H2,1-4H3. The van der Waals surface area contributed by atoms with Gasteiger partial charge in [0.2, 0.25) is 0 Å². The normalized spacial score (nSPS) is 12.4. The molecule has 1 amide bonds. The minimum absolute atomic E-state index is 0.420. The molecule has 106 valence electrons. The van der Waals surface area contributed by atoms with E-state index < -0.39 is 15.2 Å². The lowest BCUT2D eigenvalue weighted by atomic mass is 10.0. The van der Waals surface area contributed by atoms with E-state index in [1.54, 1.807) is 4.90 Å². The van der Waals surface area contributed by atoms with Crippen molar-refractivity contribution in [1.82, 2.24) is 4.90 Å². The van der Waals surface area contributed by atoms with Crippen LogP contribution in [0.15, 0.2) is 24.3 Å². The maximum Gasteiger partial charge on any atom is 0.275 e. The van der Waals surface area contributed by atoms with Gasteiger partial charge in [0, 0.05) is 12.1 Å². The zero-order valence-corrected chi connectivity index (χ0v) is 13.8. The van der Waals surface area contributed by atoms with Crippen molar-refractivity contribution in [3.05, 3.63) is 35.4 Å². The Morgan fingerprint density at radius 2 is 1.68 bits per heavy atom. The van der Waals surface area contributed by atoms with Crippen LogP contribution in [0.4, 0.5) is 0 Å². The SMILES string of the molecule is Cc1ccccc1CN(C(=O)C(Cl)(Cl)Cl)C(C)(C)C. The van der Waals surface area contributed by atoms with E-state index in [2.05, 4.69) is 0 Å². The fourth-order valence-corrected chi connectivity index (χ4v) is 2.03. The number of carbonyl (C=O) groups excluding carboxylic acids is 1. The van der Waals surface area contributed by atoms with Crippen molar-refractivity contribution in [2.45, 2.75) is 43.6 Å². The Balaban J connectivity index is 3.08. The number of hydrogen-bond donors (Lipinski definition) is 0. The van der Waals surface area contributed by atoms with Crippen molar-refractivity contribution in [3.63, 3.8) is 0 Å². The number of alkyl halides is 3. The highest BCUT2D eigenvalue weighted by atomic mass is 35.6. The van der Waals surface area contributed by atoms with Crippen molar-refractivity contribution < 1.29 is 4.79 Å². The molecule has 19 heavy (non-hydrogen) atoms. The highest BCUT2D eigenvalue weighted by Gasteiger charge is 2.39. The topological polar surface area (TPSA) is 20.3 Å². The minimum Gasteiger partial charge on any atom is -0.330 e. The second-order valence-electron chi connectivity index (χ2n) is 5.49. The Bertz CT molecular complexity index is 460. The van der Waals surface area contributed by atoms with Gasteiger partial charge in [-0.15, -0.1) is 0 Å². The molecule has 0 radical (unpaired) electrons. The molecule has 0 saturated carbocycles. The van der Waals surface area contributed by atoms with Crippen LogP contribution in [0.5, 0.6) is 0 Å². The van der Waals surface area contributed by atoms with Crippen LogP contribution >= 0.6 is 34.8 Å². The number of nitrogens with zero attached hydrogens (tertiary/aromatic N) is 1. The molecule has 0 fully saturated rings.